The maximum absolute atomic E-state index is 13.2. The molecule has 2 heterocycles. The van der Waals surface area contributed by atoms with Crippen LogP contribution in [0.3, 0.4) is 0 Å². The number of anilines is 2. The number of halogens is 1. The third kappa shape index (κ3) is 5.53. The summed E-state index contributed by atoms with van der Waals surface area (Å²) in [5.41, 5.74) is 1.33. The highest BCUT2D eigenvalue weighted by molar-refractivity contribution is 5.96. The fourth-order valence-corrected chi connectivity index (χ4v) is 3.34. The van der Waals surface area contributed by atoms with Gasteiger partial charge in [0.15, 0.2) is 0 Å². The first kappa shape index (κ1) is 22.1. The molecule has 1 saturated heterocycles. The number of benzene rings is 1. The average molecular weight is 428 g/mol. The third-order valence-electron chi connectivity index (χ3n) is 5.02. The zero-order chi connectivity index (χ0) is 22.5. The Hall–Kier alpha value is -3.56. The molecule has 31 heavy (non-hydrogen) atoms. The lowest BCUT2D eigenvalue weighted by atomic mass is 10.0. The van der Waals surface area contributed by atoms with Crippen LogP contribution in [0.1, 0.15) is 30.8 Å². The second kappa shape index (κ2) is 9.50. The molecule has 1 unspecified atom stereocenters. The van der Waals surface area contributed by atoms with E-state index in [1.54, 1.807) is 37.2 Å². The maximum Gasteiger partial charge on any atom is 0.242 e. The minimum Gasteiger partial charge on any atom is -0.373 e. The van der Waals surface area contributed by atoms with Crippen molar-refractivity contribution in [2.75, 3.05) is 37.4 Å². The molecule has 3 amide bonds. The number of hydrogen-bond acceptors (Lipinski definition) is 6. The van der Waals surface area contributed by atoms with Gasteiger partial charge in [0.05, 0.1) is 18.8 Å². The van der Waals surface area contributed by atoms with Crippen LogP contribution in [0.15, 0.2) is 30.3 Å². The molecule has 1 aliphatic heterocycles. The van der Waals surface area contributed by atoms with E-state index in [-0.39, 0.29) is 49.0 Å². The Balaban J connectivity index is 1.76. The van der Waals surface area contributed by atoms with E-state index in [0.29, 0.717) is 29.6 Å². The van der Waals surface area contributed by atoms with Crippen LogP contribution in [0.25, 0.3) is 0 Å². The lowest BCUT2D eigenvalue weighted by molar-refractivity contribution is -0.131. The second-order valence-corrected chi connectivity index (χ2v) is 7.39. The van der Waals surface area contributed by atoms with E-state index in [1.165, 1.54) is 24.0 Å². The van der Waals surface area contributed by atoms with Crippen molar-refractivity contribution in [1.82, 2.24) is 20.2 Å². The van der Waals surface area contributed by atoms with Crippen LogP contribution >= 0.6 is 0 Å². The molecule has 2 N–H and O–H groups in total. The van der Waals surface area contributed by atoms with Gasteiger partial charge in [0.25, 0.3) is 0 Å². The number of amides is 3. The quantitative estimate of drug-likeness (QED) is 0.688. The van der Waals surface area contributed by atoms with Crippen LogP contribution in [-0.2, 0) is 20.9 Å². The van der Waals surface area contributed by atoms with E-state index < -0.39 is 0 Å². The first-order valence-corrected chi connectivity index (χ1v) is 9.86. The first-order valence-electron chi connectivity index (χ1n) is 9.86. The fraction of sp³-hybridized carbons (Fsp3) is 0.381. The molecule has 9 nitrogen and oxygen atoms in total. The van der Waals surface area contributed by atoms with E-state index in [0.717, 1.165) is 0 Å². The molecule has 3 rings (SSSR count). The molecule has 0 radical (unpaired) electrons. The van der Waals surface area contributed by atoms with Crippen molar-refractivity contribution in [1.29, 1.82) is 0 Å². The number of likely N-dealkylation sites (N-methyl/N-ethyl adjacent to an activating group) is 1. The number of carbonyl (C=O) groups excluding carboxylic acids is 3. The molecule has 0 bridgehead atoms. The molecule has 1 aromatic carbocycles. The standard InChI is InChI=1S/C21H25FN6O3/c1-13(29)24-10-21(31)27(3)12-19-25-17(9-18(23-2)26-19)14-8-20(30)28(11-14)16-6-4-15(22)5-7-16/h4-7,9,14H,8,10-12H2,1-3H3,(H,24,29)(H,23,25,26). The Kier molecular flexibility index (Phi) is 6.78. The minimum absolute atomic E-state index is 0.0645. The Morgan fingerprint density at radius 2 is 1.97 bits per heavy atom. The molecular formula is C21H25FN6O3. The maximum atomic E-state index is 13.2. The van der Waals surface area contributed by atoms with Crippen LogP contribution in [0.5, 0.6) is 0 Å². The smallest absolute Gasteiger partial charge is 0.242 e. The number of aromatic nitrogens is 2. The van der Waals surface area contributed by atoms with E-state index in [4.69, 9.17) is 0 Å². The predicted molar refractivity (Wildman–Crippen MR) is 113 cm³/mol. The molecular weight excluding hydrogens is 403 g/mol. The van der Waals surface area contributed by atoms with Gasteiger partial charge in [0.1, 0.15) is 17.5 Å². The average Bonchev–Trinajstić information content (AvgIpc) is 3.13. The van der Waals surface area contributed by atoms with Gasteiger partial charge in [-0.3, -0.25) is 14.4 Å². The van der Waals surface area contributed by atoms with Crippen LogP contribution in [0.4, 0.5) is 15.9 Å². The zero-order valence-corrected chi connectivity index (χ0v) is 17.7. The molecule has 1 aromatic heterocycles. The summed E-state index contributed by atoms with van der Waals surface area (Å²) in [6, 6.07) is 7.59. The second-order valence-electron chi connectivity index (χ2n) is 7.39. The topological polar surface area (TPSA) is 108 Å². The molecule has 0 saturated carbocycles. The highest BCUT2D eigenvalue weighted by atomic mass is 19.1. The van der Waals surface area contributed by atoms with E-state index in [9.17, 15) is 18.8 Å². The van der Waals surface area contributed by atoms with Gasteiger partial charge in [-0.15, -0.1) is 0 Å². The zero-order valence-electron chi connectivity index (χ0n) is 17.7. The van der Waals surface area contributed by atoms with Gasteiger partial charge < -0.3 is 20.4 Å². The molecule has 0 aliphatic carbocycles. The number of hydrogen-bond donors (Lipinski definition) is 2. The van der Waals surface area contributed by atoms with Gasteiger partial charge >= 0.3 is 0 Å². The molecule has 2 aromatic rings. The van der Waals surface area contributed by atoms with Crippen LogP contribution in [-0.4, -0.2) is 59.8 Å². The van der Waals surface area contributed by atoms with Crippen molar-refractivity contribution in [2.24, 2.45) is 0 Å². The van der Waals surface area contributed by atoms with Crippen molar-refractivity contribution in [3.05, 3.63) is 47.7 Å². The minimum atomic E-state index is -0.358. The lowest BCUT2D eigenvalue weighted by Crippen LogP contribution is -2.37. The van der Waals surface area contributed by atoms with Gasteiger partial charge in [0.2, 0.25) is 17.7 Å². The van der Waals surface area contributed by atoms with Gasteiger partial charge in [-0.25, -0.2) is 14.4 Å². The third-order valence-corrected chi connectivity index (χ3v) is 5.02. The van der Waals surface area contributed by atoms with Crippen molar-refractivity contribution in [3.8, 4) is 0 Å². The van der Waals surface area contributed by atoms with Crippen molar-refractivity contribution >= 4 is 29.2 Å². The lowest BCUT2D eigenvalue weighted by Gasteiger charge is -2.19. The molecule has 164 valence electrons. The van der Waals surface area contributed by atoms with Gasteiger partial charge in [-0.1, -0.05) is 0 Å². The van der Waals surface area contributed by atoms with E-state index in [1.807, 2.05) is 0 Å². The Bertz CT molecular complexity index is 982. The Morgan fingerprint density at radius 3 is 2.61 bits per heavy atom. The Labute approximate surface area is 179 Å². The number of carbonyl (C=O) groups is 3. The highest BCUT2D eigenvalue weighted by Gasteiger charge is 2.33. The van der Waals surface area contributed by atoms with Crippen LogP contribution in [0, 0.1) is 5.82 Å². The summed E-state index contributed by atoms with van der Waals surface area (Å²) < 4.78 is 13.2. The molecule has 1 aliphatic rings. The number of nitrogens with zero attached hydrogens (tertiary/aromatic N) is 4. The fourth-order valence-electron chi connectivity index (χ4n) is 3.34. The monoisotopic (exact) mass is 428 g/mol. The summed E-state index contributed by atoms with van der Waals surface area (Å²) in [5.74, 6) is -0.133. The largest absolute Gasteiger partial charge is 0.373 e. The van der Waals surface area contributed by atoms with Crippen molar-refractivity contribution in [2.45, 2.75) is 25.8 Å². The molecule has 0 spiro atoms. The molecule has 1 fully saturated rings. The summed E-state index contributed by atoms with van der Waals surface area (Å²) in [7, 11) is 3.33. The molecule has 1 atom stereocenters. The SMILES string of the molecule is CNc1cc(C2CC(=O)N(c3ccc(F)cc3)C2)nc(CN(C)C(=O)CNC(C)=O)n1. The number of rotatable bonds is 7. The Morgan fingerprint density at radius 1 is 1.26 bits per heavy atom. The summed E-state index contributed by atoms with van der Waals surface area (Å²) in [6.45, 7) is 1.82. The highest BCUT2D eigenvalue weighted by Crippen LogP contribution is 2.31. The summed E-state index contributed by atoms with van der Waals surface area (Å²) >= 11 is 0. The molecule has 10 heteroatoms. The van der Waals surface area contributed by atoms with Crippen LogP contribution < -0.4 is 15.5 Å². The normalized spacial score (nSPS) is 15.7. The first-order chi connectivity index (χ1) is 14.8. The van der Waals surface area contributed by atoms with Crippen molar-refractivity contribution in [3.63, 3.8) is 0 Å². The summed E-state index contributed by atoms with van der Waals surface area (Å²) in [4.78, 5) is 47.8. The van der Waals surface area contributed by atoms with Gasteiger partial charge in [-0.2, -0.15) is 0 Å². The predicted octanol–water partition coefficient (Wildman–Crippen LogP) is 1.27. The van der Waals surface area contributed by atoms with E-state index in [2.05, 4.69) is 20.6 Å². The van der Waals surface area contributed by atoms with Crippen LogP contribution in [0.2, 0.25) is 0 Å². The number of nitrogens with one attached hydrogen (secondary N) is 2. The van der Waals surface area contributed by atoms with E-state index >= 15 is 0 Å². The van der Waals surface area contributed by atoms with Gasteiger partial charge in [0, 0.05) is 51.7 Å². The summed E-state index contributed by atoms with van der Waals surface area (Å²) in [5, 5.41) is 5.45. The van der Waals surface area contributed by atoms with Gasteiger partial charge in [-0.05, 0) is 24.3 Å². The summed E-state index contributed by atoms with van der Waals surface area (Å²) in [6.07, 6.45) is 0.272. The van der Waals surface area contributed by atoms with Crippen molar-refractivity contribution < 1.29 is 18.8 Å².